The van der Waals surface area contributed by atoms with Crippen molar-refractivity contribution in [1.29, 1.82) is 0 Å². The van der Waals surface area contributed by atoms with E-state index in [2.05, 4.69) is 20.8 Å². The molecule has 33 heavy (non-hydrogen) atoms. The van der Waals surface area contributed by atoms with Gasteiger partial charge in [0.15, 0.2) is 16.7 Å². The Kier molecular flexibility index (Phi) is 7.61. The Morgan fingerprint density at radius 2 is 2.00 bits per heavy atom. The van der Waals surface area contributed by atoms with Gasteiger partial charge in [-0.1, -0.05) is 29.5 Å². The molecule has 11 nitrogen and oxygen atoms in total. The zero-order chi connectivity index (χ0) is 24.0. The van der Waals surface area contributed by atoms with Gasteiger partial charge in [-0.2, -0.15) is 0 Å². The third-order valence-electron chi connectivity index (χ3n) is 4.59. The van der Waals surface area contributed by atoms with Crippen molar-refractivity contribution in [3.05, 3.63) is 69.5 Å². The molecule has 1 aromatic heterocycles. The van der Waals surface area contributed by atoms with Crippen molar-refractivity contribution in [3.63, 3.8) is 0 Å². The second kappa shape index (κ2) is 10.6. The fourth-order valence-electron chi connectivity index (χ4n) is 3.00. The summed E-state index contributed by atoms with van der Waals surface area (Å²) in [5, 5.41) is 34.5. The number of amides is 2. The average molecular weight is 471 g/mol. The molecule has 3 aromatic rings. The number of rotatable bonds is 9. The van der Waals surface area contributed by atoms with E-state index in [4.69, 9.17) is 0 Å². The first-order valence-electron chi connectivity index (χ1n) is 9.95. The summed E-state index contributed by atoms with van der Waals surface area (Å²) >= 11 is 1.15. The van der Waals surface area contributed by atoms with Crippen LogP contribution in [0.1, 0.15) is 28.7 Å². The maximum atomic E-state index is 12.4. The molecule has 3 rings (SSSR count). The first kappa shape index (κ1) is 23.7. The number of phenols is 1. The molecule has 0 radical (unpaired) electrons. The van der Waals surface area contributed by atoms with Gasteiger partial charge in [-0.25, -0.2) is 0 Å². The highest BCUT2D eigenvalue weighted by atomic mass is 32.2. The Bertz CT molecular complexity index is 1200. The number of thioether (sulfide) groups is 1. The quantitative estimate of drug-likeness (QED) is 0.187. The first-order chi connectivity index (χ1) is 15.8. The number of hydrogen-bond donors (Lipinski definition) is 3. The number of nitrogens with zero attached hydrogens (tertiary/aromatic N) is 4. The molecule has 172 valence electrons. The zero-order valence-electron chi connectivity index (χ0n) is 17.9. The minimum Gasteiger partial charge on any atom is -0.502 e. The Morgan fingerprint density at radius 1 is 1.21 bits per heavy atom. The van der Waals surface area contributed by atoms with Crippen LogP contribution in [0, 0.1) is 17.0 Å². The molecule has 0 aliphatic heterocycles. The molecule has 3 N–H and O–H groups in total. The maximum absolute atomic E-state index is 12.4. The van der Waals surface area contributed by atoms with E-state index in [1.54, 1.807) is 16.7 Å². The number of benzene rings is 2. The molecule has 0 spiro atoms. The topological polar surface area (TPSA) is 152 Å². The predicted octanol–water partition coefficient (Wildman–Crippen LogP) is 2.88. The van der Waals surface area contributed by atoms with Gasteiger partial charge in [-0.15, -0.1) is 10.2 Å². The Hall–Kier alpha value is -3.93. The van der Waals surface area contributed by atoms with E-state index in [0.29, 0.717) is 23.1 Å². The lowest BCUT2D eigenvalue weighted by molar-refractivity contribution is -0.385. The van der Waals surface area contributed by atoms with Crippen LogP contribution in [-0.2, 0) is 17.9 Å². The minimum absolute atomic E-state index is 0.0114. The van der Waals surface area contributed by atoms with Crippen molar-refractivity contribution in [2.75, 3.05) is 11.1 Å². The highest BCUT2D eigenvalue weighted by molar-refractivity contribution is 7.99. The summed E-state index contributed by atoms with van der Waals surface area (Å²) in [5.41, 5.74) is 1.24. The summed E-state index contributed by atoms with van der Waals surface area (Å²) in [6.07, 6.45) is 0. The third kappa shape index (κ3) is 6.07. The lowest BCUT2D eigenvalue weighted by Gasteiger charge is -2.09. The van der Waals surface area contributed by atoms with Crippen LogP contribution in [0.15, 0.2) is 47.6 Å². The van der Waals surface area contributed by atoms with Crippen molar-refractivity contribution in [3.8, 4) is 5.75 Å². The molecule has 0 saturated heterocycles. The lowest BCUT2D eigenvalue weighted by atomic mass is 10.1. The summed E-state index contributed by atoms with van der Waals surface area (Å²) < 4.78 is 1.79. The van der Waals surface area contributed by atoms with Gasteiger partial charge in [0.05, 0.1) is 17.2 Å². The van der Waals surface area contributed by atoms with Gasteiger partial charge in [0.25, 0.3) is 5.91 Å². The SMILES string of the molecule is CCn1c(CNC(=O)c2cccc(C)c2)nnc1SCC(=O)Nc1ccc(O)c([N+](=O)[O-])c1. The van der Waals surface area contributed by atoms with Crippen LogP contribution in [0.2, 0.25) is 0 Å². The van der Waals surface area contributed by atoms with Crippen LogP contribution in [-0.4, -0.2) is 42.4 Å². The molecule has 0 bridgehead atoms. The molecular formula is C21H22N6O5S. The van der Waals surface area contributed by atoms with Crippen LogP contribution in [0.4, 0.5) is 11.4 Å². The Morgan fingerprint density at radius 3 is 2.70 bits per heavy atom. The maximum Gasteiger partial charge on any atom is 0.312 e. The fourth-order valence-corrected chi connectivity index (χ4v) is 3.82. The first-order valence-corrected chi connectivity index (χ1v) is 10.9. The van der Waals surface area contributed by atoms with Gasteiger partial charge in [0.2, 0.25) is 5.91 Å². The third-order valence-corrected chi connectivity index (χ3v) is 5.55. The number of nitro benzene ring substituents is 1. The molecule has 0 aliphatic carbocycles. The number of phenolic OH excluding ortho intramolecular Hbond substituents is 1. The van der Waals surface area contributed by atoms with Crippen LogP contribution in [0.25, 0.3) is 0 Å². The van der Waals surface area contributed by atoms with Crippen LogP contribution >= 0.6 is 11.8 Å². The number of nitro groups is 1. The molecule has 2 amide bonds. The molecule has 12 heteroatoms. The second-order valence-corrected chi connectivity index (χ2v) is 7.94. The van der Waals surface area contributed by atoms with Gasteiger partial charge in [-0.05, 0) is 38.1 Å². The van der Waals surface area contributed by atoms with Gasteiger partial charge in [0.1, 0.15) is 0 Å². The van der Waals surface area contributed by atoms with Crippen molar-refractivity contribution < 1.29 is 19.6 Å². The largest absolute Gasteiger partial charge is 0.502 e. The fraction of sp³-hybridized carbons (Fsp3) is 0.238. The molecule has 2 aromatic carbocycles. The zero-order valence-corrected chi connectivity index (χ0v) is 18.8. The number of aromatic hydroxyl groups is 1. The summed E-state index contributed by atoms with van der Waals surface area (Å²) in [6.45, 7) is 4.52. The van der Waals surface area contributed by atoms with E-state index < -0.39 is 22.3 Å². The van der Waals surface area contributed by atoms with Crippen LogP contribution in [0.3, 0.4) is 0 Å². The van der Waals surface area contributed by atoms with Gasteiger partial charge in [0, 0.05) is 23.9 Å². The summed E-state index contributed by atoms with van der Waals surface area (Å²) in [5.74, 6) is -0.565. The van der Waals surface area contributed by atoms with E-state index in [1.165, 1.54) is 6.07 Å². The van der Waals surface area contributed by atoms with E-state index in [1.807, 2.05) is 26.0 Å². The predicted molar refractivity (Wildman–Crippen MR) is 122 cm³/mol. The van der Waals surface area contributed by atoms with E-state index >= 15 is 0 Å². The number of nitrogens with one attached hydrogen (secondary N) is 2. The number of anilines is 1. The van der Waals surface area contributed by atoms with Crippen molar-refractivity contribution in [1.82, 2.24) is 20.1 Å². The van der Waals surface area contributed by atoms with E-state index in [9.17, 15) is 24.8 Å². The number of carbonyl (C=O) groups excluding carboxylic acids is 2. The second-order valence-electron chi connectivity index (χ2n) is 6.99. The average Bonchev–Trinajstić information content (AvgIpc) is 3.19. The smallest absolute Gasteiger partial charge is 0.312 e. The monoisotopic (exact) mass is 470 g/mol. The molecule has 0 aliphatic rings. The van der Waals surface area contributed by atoms with Crippen LogP contribution in [0.5, 0.6) is 5.75 Å². The normalized spacial score (nSPS) is 10.6. The number of carbonyl (C=O) groups is 2. The minimum atomic E-state index is -0.733. The van der Waals surface area contributed by atoms with Crippen molar-refractivity contribution in [2.24, 2.45) is 0 Å². The standard InChI is InChI=1S/C21H22N6O5S/c1-3-26-18(11-22-20(30)14-6-4-5-13(2)9-14)24-25-21(26)33-12-19(29)23-15-7-8-17(28)16(10-15)27(31)32/h4-10,28H,3,11-12H2,1-2H3,(H,22,30)(H,23,29). The van der Waals surface area contributed by atoms with Gasteiger partial charge < -0.3 is 20.3 Å². The van der Waals surface area contributed by atoms with Crippen molar-refractivity contribution in [2.45, 2.75) is 32.1 Å². The summed E-state index contributed by atoms with van der Waals surface area (Å²) in [7, 11) is 0. The van der Waals surface area contributed by atoms with E-state index in [-0.39, 0.29) is 23.9 Å². The van der Waals surface area contributed by atoms with Gasteiger partial charge >= 0.3 is 5.69 Å². The van der Waals surface area contributed by atoms with Gasteiger partial charge in [-0.3, -0.25) is 19.7 Å². The number of aryl methyl sites for hydroxylation is 1. The highest BCUT2D eigenvalue weighted by Gasteiger charge is 2.17. The van der Waals surface area contributed by atoms with Crippen molar-refractivity contribution >= 4 is 35.0 Å². The summed E-state index contributed by atoms with van der Waals surface area (Å²) in [6, 6.07) is 10.8. The molecule has 0 unspecified atom stereocenters. The Balaban J connectivity index is 1.58. The molecular weight excluding hydrogens is 448 g/mol. The summed E-state index contributed by atoms with van der Waals surface area (Å²) in [4.78, 5) is 34.8. The highest BCUT2D eigenvalue weighted by Crippen LogP contribution is 2.28. The molecule has 1 heterocycles. The van der Waals surface area contributed by atoms with Crippen LogP contribution < -0.4 is 10.6 Å². The Labute approximate surface area is 193 Å². The molecule has 0 atom stereocenters. The number of hydrogen-bond acceptors (Lipinski definition) is 8. The lowest BCUT2D eigenvalue weighted by Crippen LogP contribution is -2.25. The molecule has 0 fully saturated rings. The molecule has 0 saturated carbocycles. The number of aromatic nitrogens is 3. The van der Waals surface area contributed by atoms with E-state index in [0.717, 1.165) is 29.5 Å².